The fourth-order valence-corrected chi connectivity index (χ4v) is 1.93. The highest BCUT2D eigenvalue weighted by Gasteiger charge is 2.20. The van der Waals surface area contributed by atoms with Crippen LogP contribution in [0.15, 0.2) is 18.6 Å². The third-order valence-electron chi connectivity index (χ3n) is 2.65. The van der Waals surface area contributed by atoms with Gasteiger partial charge in [0.15, 0.2) is 5.65 Å². The minimum atomic E-state index is 0.473. The van der Waals surface area contributed by atoms with Gasteiger partial charge >= 0.3 is 0 Å². The van der Waals surface area contributed by atoms with Crippen LogP contribution >= 0.6 is 0 Å². The number of rotatable bonds is 1. The second kappa shape index (κ2) is 3.02. The Balaban J connectivity index is 2.14. The Morgan fingerprint density at radius 3 is 3.29 bits per heavy atom. The van der Waals surface area contributed by atoms with Crippen LogP contribution in [0, 0.1) is 0 Å². The second-order valence-corrected chi connectivity index (χ2v) is 3.52. The highest BCUT2D eigenvalue weighted by molar-refractivity contribution is 5.35. The molecule has 0 bridgehead atoms. The standard InChI is InChI=1S/C9H11N5/c1-3-10-5-7(1)9-11-4-2-8-12-6-13-14(8)9/h2,4,6-7,10H,1,3,5H2. The number of hydrogen-bond donors (Lipinski definition) is 1. The van der Waals surface area contributed by atoms with Crippen molar-refractivity contribution in [1.82, 2.24) is 24.9 Å². The maximum absolute atomic E-state index is 4.38. The summed E-state index contributed by atoms with van der Waals surface area (Å²) in [6.07, 6.45) is 4.51. The summed E-state index contributed by atoms with van der Waals surface area (Å²) in [6, 6.07) is 1.87. The predicted molar refractivity (Wildman–Crippen MR) is 51.0 cm³/mol. The molecular weight excluding hydrogens is 178 g/mol. The summed E-state index contributed by atoms with van der Waals surface area (Å²) >= 11 is 0. The molecule has 1 fully saturated rings. The topological polar surface area (TPSA) is 55.1 Å². The van der Waals surface area contributed by atoms with Gasteiger partial charge in [0.1, 0.15) is 12.2 Å². The zero-order valence-electron chi connectivity index (χ0n) is 7.72. The van der Waals surface area contributed by atoms with E-state index >= 15 is 0 Å². The quantitative estimate of drug-likeness (QED) is 0.696. The van der Waals surface area contributed by atoms with Crippen LogP contribution < -0.4 is 5.32 Å². The first-order valence-electron chi connectivity index (χ1n) is 4.80. The van der Waals surface area contributed by atoms with Crippen LogP contribution in [0.25, 0.3) is 5.65 Å². The molecule has 14 heavy (non-hydrogen) atoms. The van der Waals surface area contributed by atoms with Gasteiger partial charge in [-0.1, -0.05) is 0 Å². The summed E-state index contributed by atoms with van der Waals surface area (Å²) in [5, 5.41) is 7.50. The molecule has 5 nitrogen and oxygen atoms in total. The van der Waals surface area contributed by atoms with E-state index in [-0.39, 0.29) is 0 Å². The molecule has 0 aliphatic carbocycles. The summed E-state index contributed by atoms with van der Waals surface area (Å²) in [4.78, 5) is 8.52. The van der Waals surface area contributed by atoms with Gasteiger partial charge in [0.2, 0.25) is 0 Å². The SMILES string of the molecule is c1cc2ncnn2c(C2CCNC2)n1. The molecule has 2 aromatic heterocycles. The molecule has 1 unspecified atom stereocenters. The average Bonchev–Trinajstić information content (AvgIpc) is 2.88. The number of nitrogens with one attached hydrogen (secondary N) is 1. The van der Waals surface area contributed by atoms with Gasteiger partial charge in [-0.05, 0) is 13.0 Å². The summed E-state index contributed by atoms with van der Waals surface area (Å²) in [5.74, 6) is 1.49. The lowest BCUT2D eigenvalue weighted by molar-refractivity contribution is 0.661. The van der Waals surface area contributed by atoms with Gasteiger partial charge < -0.3 is 5.32 Å². The molecule has 3 heterocycles. The van der Waals surface area contributed by atoms with Crippen molar-refractivity contribution in [1.29, 1.82) is 0 Å². The first kappa shape index (κ1) is 7.87. The van der Waals surface area contributed by atoms with Crippen molar-refractivity contribution in [3.05, 3.63) is 24.4 Å². The van der Waals surface area contributed by atoms with Crippen LogP contribution in [-0.4, -0.2) is 32.7 Å². The van der Waals surface area contributed by atoms with E-state index in [9.17, 15) is 0 Å². The third-order valence-corrected chi connectivity index (χ3v) is 2.65. The van der Waals surface area contributed by atoms with Crippen LogP contribution in [0.3, 0.4) is 0 Å². The zero-order valence-corrected chi connectivity index (χ0v) is 7.72. The Bertz CT molecular complexity index is 443. The largest absolute Gasteiger partial charge is 0.316 e. The van der Waals surface area contributed by atoms with Crippen LogP contribution in [0.1, 0.15) is 18.2 Å². The van der Waals surface area contributed by atoms with E-state index < -0.39 is 0 Å². The highest BCUT2D eigenvalue weighted by atomic mass is 15.3. The Morgan fingerprint density at radius 2 is 2.43 bits per heavy atom. The Labute approximate surface area is 81.2 Å². The molecule has 0 radical (unpaired) electrons. The van der Waals surface area contributed by atoms with Gasteiger partial charge in [-0.25, -0.2) is 9.97 Å². The van der Waals surface area contributed by atoms with Crippen molar-refractivity contribution in [2.45, 2.75) is 12.3 Å². The molecule has 1 atom stereocenters. The van der Waals surface area contributed by atoms with Crippen molar-refractivity contribution >= 4 is 5.65 Å². The lowest BCUT2D eigenvalue weighted by Gasteiger charge is -2.08. The van der Waals surface area contributed by atoms with Gasteiger partial charge in [-0.2, -0.15) is 9.61 Å². The molecule has 72 valence electrons. The minimum Gasteiger partial charge on any atom is -0.316 e. The van der Waals surface area contributed by atoms with Gasteiger partial charge in [0, 0.05) is 24.7 Å². The molecule has 1 saturated heterocycles. The summed E-state index contributed by atoms with van der Waals surface area (Å²) < 4.78 is 1.83. The van der Waals surface area contributed by atoms with E-state index in [1.54, 1.807) is 12.5 Å². The summed E-state index contributed by atoms with van der Waals surface area (Å²) in [7, 11) is 0. The molecular formula is C9H11N5. The molecule has 5 heteroatoms. The fourth-order valence-electron chi connectivity index (χ4n) is 1.93. The van der Waals surface area contributed by atoms with E-state index in [4.69, 9.17) is 0 Å². The van der Waals surface area contributed by atoms with Crippen molar-refractivity contribution in [3.8, 4) is 0 Å². The first-order chi connectivity index (χ1) is 6.95. The minimum absolute atomic E-state index is 0.473. The fraction of sp³-hybridized carbons (Fsp3) is 0.444. The molecule has 0 spiro atoms. The number of hydrogen-bond acceptors (Lipinski definition) is 4. The van der Waals surface area contributed by atoms with Gasteiger partial charge in [0.05, 0.1) is 0 Å². The van der Waals surface area contributed by atoms with Crippen LogP contribution in [0.4, 0.5) is 0 Å². The van der Waals surface area contributed by atoms with Crippen LogP contribution in [-0.2, 0) is 0 Å². The van der Waals surface area contributed by atoms with Gasteiger partial charge in [-0.3, -0.25) is 0 Å². The molecule has 2 aromatic rings. The summed E-state index contributed by atoms with van der Waals surface area (Å²) in [6.45, 7) is 2.06. The lowest BCUT2D eigenvalue weighted by atomic mass is 10.1. The monoisotopic (exact) mass is 189 g/mol. The van der Waals surface area contributed by atoms with Crippen molar-refractivity contribution < 1.29 is 0 Å². The van der Waals surface area contributed by atoms with Gasteiger partial charge in [-0.15, -0.1) is 0 Å². The Morgan fingerprint density at radius 1 is 1.43 bits per heavy atom. The zero-order chi connectivity index (χ0) is 9.38. The van der Waals surface area contributed by atoms with Gasteiger partial charge in [0.25, 0.3) is 0 Å². The van der Waals surface area contributed by atoms with E-state index in [1.165, 1.54) is 0 Å². The van der Waals surface area contributed by atoms with Crippen LogP contribution in [0.5, 0.6) is 0 Å². The number of nitrogens with zero attached hydrogens (tertiary/aromatic N) is 4. The van der Waals surface area contributed by atoms with E-state index in [0.29, 0.717) is 5.92 Å². The summed E-state index contributed by atoms with van der Waals surface area (Å²) in [5.41, 5.74) is 0.877. The predicted octanol–water partition coefficient (Wildman–Crippen LogP) is 0.201. The molecule has 3 rings (SSSR count). The number of fused-ring (bicyclic) bond motifs is 1. The molecule has 1 aliphatic rings. The maximum atomic E-state index is 4.38. The molecule has 1 N–H and O–H groups in total. The normalized spacial score (nSPS) is 21.9. The number of aromatic nitrogens is 4. The third kappa shape index (κ3) is 1.09. The smallest absolute Gasteiger partial charge is 0.158 e. The van der Waals surface area contributed by atoms with E-state index in [1.807, 2.05) is 10.6 Å². The lowest BCUT2D eigenvalue weighted by Crippen LogP contribution is -2.12. The van der Waals surface area contributed by atoms with Crippen molar-refractivity contribution in [2.75, 3.05) is 13.1 Å². The van der Waals surface area contributed by atoms with E-state index in [0.717, 1.165) is 31.0 Å². The highest BCUT2D eigenvalue weighted by Crippen LogP contribution is 2.19. The molecule has 0 amide bonds. The van der Waals surface area contributed by atoms with Crippen molar-refractivity contribution in [3.63, 3.8) is 0 Å². The molecule has 1 aliphatic heterocycles. The van der Waals surface area contributed by atoms with Crippen LogP contribution in [0.2, 0.25) is 0 Å². The van der Waals surface area contributed by atoms with Crippen molar-refractivity contribution in [2.24, 2.45) is 0 Å². The Kier molecular flexibility index (Phi) is 1.70. The second-order valence-electron chi connectivity index (χ2n) is 3.52. The molecule has 0 saturated carbocycles. The maximum Gasteiger partial charge on any atom is 0.158 e. The van der Waals surface area contributed by atoms with E-state index in [2.05, 4.69) is 20.4 Å². The first-order valence-corrected chi connectivity index (χ1v) is 4.80. The Hall–Kier alpha value is -1.49. The molecule has 0 aromatic carbocycles. The average molecular weight is 189 g/mol.